The number of hydrogen-bond acceptors (Lipinski definition) is 7. The third-order valence-electron chi connectivity index (χ3n) is 5.42. The van der Waals surface area contributed by atoms with Crippen LogP contribution in [0.1, 0.15) is 17.0 Å². The Bertz CT molecular complexity index is 1620. The molecule has 2 N–H and O–H groups in total. The third kappa shape index (κ3) is 5.21. The van der Waals surface area contributed by atoms with Gasteiger partial charge in [0.25, 0.3) is 0 Å². The van der Waals surface area contributed by atoms with Gasteiger partial charge in [0.15, 0.2) is 10.9 Å². The minimum Gasteiger partial charge on any atom is -0.406 e. The van der Waals surface area contributed by atoms with Crippen LogP contribution in [-0.2, 0) is 0 Å². The molecule has 13 heteroatoms. The molecule has 0 aliphatic carbocycles. The molecule has 0 unspecified atom stereocenters. The zero-order valence-corrected chi connectivity index (χ0v) is 20.2. The molecule has 5 rings (SSSR count). The van der Waals surface area contributed by atoms with Gasteiger partial charge in [0.1, 0.15) is 22.6 Å². The maximum absolute atomic E-state index is 12.4. The summed E-state index contributed by atoms with van der Waals surface area (Å²) in [7, 11) is 0. The Morgan fingerprint density at radius 3 is 2.59 bits per heavy atom. The highest BCUT2D eigenvalue weighted by atomic mass is 32.1. The van der Waals surface area contributed by atoms with Gasteiger partial charge in [-0.3, -0.25) is 5.43 Å². The summed E-state index contributed by atoms with van der Waals surface area (Å²) in [6.45, 7) is 3.58. The molecule has 37 heavy (non-hydrogen) atoms. The number of fused-ring (bicyclic) bond motifs is 3. The zero-order chi connectivity index (χ0) is 26.2. The summed E-state index contributed by atoms with van der Waals surface area (Å²) < 4.78 is 47.9. The van der Waals surface area contributed by atoms with Crippen LogP contribution in [0.15, 0.2) is 64.2 Å². The van der Waals surface area contributed by atoms with Crippen LogP contribution in [0.3, 0.4) is 0 Å². The topological polar surface area (TPSA) is 102 Å². The molecule has 2 heterocycles. The number of nitrogens with one attached hydrogen (secondary N) is 2. The smallest absolute Gasteiger partial charge is 0.406 e. The van der Waals surface area contributed by atoms with Crippen molar-refractivity contribution < 1.29 is 22.4 Å². The maximum atomic E-state index is 12.4. The number of aryl methyl sites for hydroxylation is 2. The quantitative estimate of drug-likeness (QED) is 0.179. The Balaban J connectivity index is 1.33. The number of anilines is 1. The molecule has 188 valence electrons. The van der Waals surface area contributed by atoms with Crippen LogP contribution in [-0.4, -0.2) is 37.8 Å². The lowest BCUT2D eigenvalue weighted by Crippen LogP contribution is -2.24. The average Bonchev–Trinajstić information content (AvgIpc) is 3.42. The lowest BCUT2D eigenvalue weighted by Gasteiger charge is -2.09. The molecule has 0 bridgehead atoms. The molecule has 3 aromatic carbocycles. The van der Waals surface area contributed by atoms with Crippen molar-refractivity contribution in [3.63, 3.8) is 0 Å². The maximum Gasteiger partial charge on any atom is 0.573 e. The van der Waals surface area contributed by atoms with Crippen molar-refractivity contribution in [1.29, 1.82) is 0 Å². The molecule has 2 aromatic heterocycles. The predicted octanol–water partition coefficient (Wildman–Crippen LogP) is 5.40. The van der Waals surface area contributed by atoms with Crippen molar-refractivity contribution in [1.82, 2.24) is 25.6 Å². The van der Waals surface area contributed by atoms with Crippen molar-refractivity contribution in [2.45, 2.75) is 20.2 Å². The fraction of sp³-hybridized carbons (Fsp3) is 0.125. The zero-order valence-electron chi connectivity index (χ0n) is 19.4. The largest absolute Gasteiger partial charge is 0.573 e. The summed E-state index contributed by atoms with van der Waals surface area (Å²) in [5.74, 6) is 0.311. The van der Waals surface area contributed by atoms with Crippen LogP contribution in [0.25, 0.3) is 27.5 Å². The van der Waals surface area contributed by atoms with Crippen LogP contribution in [0.5, 0.6) is 5.75 Å². The lowest BCUT2D eigenvalue weighted by atomic mass is 10.1. The number of hydrazone groups is 1. The van der Waals surface area contributed by atoms with Gasteiger partial charge in [0.2, 0.25) is 0 Å². The number of rotatable bonds is 5. The van der Waals surface area contributed by atoms with E-state index in [1.54, 1.807) is 24.7 Å². The highest BCUT2D eigenvalue weighted by molar-refractivity contribution is 7.80. The molecule has 0 saturated carbocycles. The van der Waals surface area contributed by atoms with Crippen molar-refractivity contribution in [3.8, 4) is 11.4 Å². The summed E-state index contributed by atoms with van der Waals surface area (Å²) in [4.78, 5) is 0. The molecule has 0 spiro atoms. The molecular formula is C24H18F3N7O2S. The van der Waals surface area contributed by atoms with Crippen LogP contribution in [0, 0.1) is 13.8 Å². The summed E-state index contributed by atoms with van der Waals surface area (Å²) in [6, 6.07) is 14.9. The van der Waals surface area contributed by atoms with E-state index in [0.717, 1.165) is 16.3 Å². The molecule has 5 aromatic rings. The van der Waals surface area contributed by atoms with Crippen LogP contribution < -0.4 is 15.5 Å². The number of halogens is 3. The highest BCUT2D eigenvalue weighted by Gasteiger charge is 2.31. The van der Waals surface area contributed by atoms with E-state index in [4.69, 9.17) is 16.7 Å². The fourth-order valence-corrected chi connectivity index (χ4v) is 3.92. The predicted molar refractivity (Wildman–Crippen MR) is 136 cm³/mol. The van der Waals surface area contributed by atoms with Crippen molar-refractivity contribution in [2.75, 3.05) is 5.32 Å². The third-order valence-corrected chi connectivity index (χ3v) is 5.62. The van der Waals surface area contributed by atoms with Gasteiger partial charge in [-0.1, -0.05) is 28.6 Å². The number of ether oxygens (including phenoxy) is 1. The van der Waals surface area contributed by atoms with E-state index in [1.807, 2.05) is 30.3 Å². The van der Waals surface area contributed by atoms with Gasteiger partial charge >= 0.3 is 6.36 Å². The van der Waals surface area contributed by atoms with Gasteiger partial charge in [-0.15, -0.1) is 18.3 Å². The average molecular weight is 526 g/mol. The first-order chi connectivity index (χ1) is 17.7. The summed E-state index contributed by atoms with van der Waals surface area (Å²) in [6.07, 6.45) is -3.12. The van der Waals surface area contributed by atoms with Gasteiger partial charge in [0, 0.05) is 5.39 Å². The number of thiocarbonyl (C=S) groups is 1. The van der Waals surface area contributed by atoms with Crippen LogP contribution in [0.4, 0.5) is 18.9 Å². The minimum atomic E-state index is -4.75. The van der Waals surface area contributed by atoms with E-state index in [0.29, 0.717) is 39.0 Å². The van der Waals surface area contributed by atoms with Crippen molar-refractivity contribution >= 4 is 51.0 Å². The van der Waals surface area contributed by atoms with Crippen molar-refractivity contribution in [3.05, 3.63) is 71.6 Å². The van der Waals surface area contributed by atoms with E-state index < -0.39 is 6.36 Å². The first-order valence-electron chi connectivity index (χ1n) is 10.9. The van der Waals surface area contributed by atoms with Crippen LogP contribution in [0.2, 0.25) is 0 Å². The van der Waals surface area contributed by atoms with E-state index in [9.17, 15) is 13.2 Å². The van der Waals surface area contributed by atoms with E-state index in [1.165, 1.54) is 24.3 Å². The van der Waals surface area contributed by atoms with Crippen LogP contribution >= 0.6 is 12.2 Å². The summed E-state index contributed by atoms with van der Waals surface area (Å²) >= 11 is 5.26. The molecule has 0 amide bonds. The van der Waals surface area contributed by atoms with E-state index in [2.05, 4.69) is 36.0 Å². The van der Waals surface area contributed by atoms with Crippen molar-refractivity contribution in [2.24, 2.45) is 5.10 Å². The first kappa shape index (κ1) is 24.2. The number of alkyl halides is 3. The Morgan fingerprint density at radius 2 is 1.89 bits per heavy atom. The van der Waals surface area contributed by atoms with Gasteiger partial charge < -0.3 is 14.6 Å². The Kier molecular flexibility index (Phi) is 6.21. The Hall–Kier alpha value is -4.52. The fourth-order valence-electron chi connectivity index (χ4n) is 3.76. The highest BCUT2D eigenvalue weighted by Crippen LogP contribution is 2.28. The van der Waals surface area contributed by atoms with Gasteiger partial charge in [-0.05, 0) is 73.4 Å². The molecule has 9 nitrogen and oxygen atoms in total. The second-order valence-corrected chi connectivity index (χ2v) is 8.39. The Labute approximate surface area is 212 Å². The summed E-state index contributed by atoms with van der Waals surface area (Å²) in [5, 5.41) is 21.6. The van der Waals surface area contributed by atoms with Gasteiger partial charge in [-0.2, -0.15) is 5.10 Å². The minimum absolute atomic E-state index is 0.294. The molecule has 0 aliphatic rings. The monoisotopic (exact) mass is 525 g/mol. The second-order valence-electron chi connectivity index (χ2n) is 7.98. The Morgan fingerprint density at radius 1 is 1.11 bits per heavy atom. The molecule has 0 aliphatic heterocycles. The standard InChI is InChI=1S/C24H18F3N7O2S/c1-13-21(14(2)36-32-13)29-23(37)31-28-12-15-3-9-19-16(11-15)4-10-20-22(19)30-33-34(20)17-5-7-18(8-6-17)35-24(25,26)27/h3-12H,1-2H3,(H2,29,31,37). The lowest BCUT2D eigenvalue weighted by molar-refractivity contribution is -0.274. The van der Waals surface area contributed by atoms with Gasteiger partial charge in [-0.25, -0.2) is 4.68 Å². The molecule has 0 atom stereocenters. The molecule has 0 radical (unpaired) electrons. The second kappa shape index (κ2) is 9.50. The van der Waals surface area contributed by atoms with E-state index in [-0.39, 0.29) is 5.75 Å². The number of benzene rings is 3. The number of nitrogens with zero attached hydrogens (tertiary/aromatic N) is 5. The molecule has 0 saturated heterocycles. The summed E-state index contributed by atoms with van der Waals surface area (Å²) in [5.41, 5.74) is 6.88. The van der Waals surface area contributed by atoms with E-state index >= 15 is 0 Å². The normalized spacial score (nSPS) is 11.9. The number of aromatic nitrogens is 4. The number of hydrogen-bond donors (Lipinski definition) is 2. The molecular weight excluding hydrogens is 507 g/mol. The molecule has 0 fully saturated rings. The van der Waals surface area contributed by atoms with Gasteiger partial charge in [0.05, 0.1) is 17.4 Å². The SMILES string of the molecule is Cc1noc(C)c1NC(=S)NN=Cc1ccc2c(ccc3c2nnn3-c2ccc(OC(F)(F)F)cc2)c1. The first-order valence-corrected chi connectivity index (χ1v) is 11.3.